The Labute approximate surface area is 105 Å². The van der Waals surface area contributed by atoms with Crippen LogP contribution in [0.4, 0.5) is 0 Å². The van der Waals surface area contributed by atoms with E-state index in [2.05, 4.69) is 15.9 Å². The molecule has 80 valence electrons. The quantitative estimate of drug-likeness (QED) is 0.906. The van der Waals surface area contributed by atoms with Crippen LogP contribution < -0.4 is 5.73 Å². The summed E-state index contributed by atoms with van der Waals surface area (Å²) in [5, 5.41) is 0.368. The van der Waals surface area contributed by atoms with Gasteiger partial charge in [-0.1, -0.05) is 0 Å². The molecule has 15 heavy (non-hydrogen) atoms. The summed E-state index contributed by atoms with van der Waals surface area (Å²) in [6.07, 6.45) is 0. The van der Waals surface area contributed by atoms with Crippen LogP contribution in [0.25, 0.3) is 0 Å². The van der Waals surface area contributed by atoms with Gasteiger partial charge in [0.15, 0.2) is 5.22 Å². The van der Waals surface area contributed by atoms with Crippen LogP contribution in [0.3, 0.4) is 0 Å². The maximum absolute atomic E-state index is 6.08. The lowest BCUT2D eigenvalue weighted by Crippen LogP contribution is -2.10. The minimum atomic E-state index is -0.250. The molecule has 0 spiro atoms. The molecule has 2 nitrogen and oxygen atoms in total. The zero-order valence-corrected chi connectivity index (χ0v) is 11.1. The SMILES string of the molecule is Cc1sc(Br)cc1C(N)c1ccc(Cl)o1. The van der Waals surface area contributed by atoms with Crippen molar-refractivity contribution in [3.63, 3.8) is 0 Å². The first-order valence-electron chi connectivity index (χ1n) is 4.34. The van der Waals surface area contributed by atoms with E-state index in [1.54, 1.807) is 23.5 Å². The largest absolute Gasteiger partial charge is 0.448 e. The van der Waals surface area contributed by atoms with Crippen LogP contribution in [0.15, 0.2) is 26.4 Å². The molecular weight excluding hydrogens is 298 g/mol. The van der Waals surface area contributed by atoms with E-state index in [1.165, 1.54) is 4.88 Å². The number of hydrogen-bond acceptors (Lipinski definition) is 3. The predicted octanol–water partition coefficient (Wildman–Crippen LogP) is 4.11. The summed E-state index contributed by atoms with van der Waals surface area (Å²) >= 11 is 10.8. The Hall–Kier alpha value is -0.290. The van der Waals surface area contributed by atoms with E-state index in [0.29, 0.717) is 11.0 Å². The first kappa shape index (κ1) is 11.2. The van der Waals surface area contributed by atoms with Crippen molar-refractivity contribution in [2.24, 2.45) is 5.73 Å². The van der Waals surface area contributed by atoms with Gasteiger partial charge in [0.05, 0.1) is 9.83 Å². The van der Waals surface area contributed by atoms with Gasteiger partial charge in [0.25, 0.3) is 0 Å². The highest BCUT2D eigenvalue weighted by molar-refractivity contribution is 9.11. The van der Waals surface area contributed by atoms with E-state index in [4.69, 9.17) is 21.8 Å². The molecule has 2 rings (SSSR count). The standard InChI is InChI=1S/C10H9BrClNOS/c1-5-6(4-8(11)15-5)10(13)7-2-3-9(12)14-7/h2-4,10H,13H2,1H3. The lowest BCUT2D eigenvalue weighted by atomic mass is 10.1. The predicted molar refractivity (Wildman–Crippen MR) is 66.5 cm³/mol. The van der Waals surface area contributed by atoms with Gasteiger partial charge in [-0.3, -0.25) is 0 Å². The van der Waals surface area contributed by atoms with Crippen molar-refractivity contribution in [1.29, 1.82) is 0 Å². The molecule has 5 heteroatoms. The van der Waals surface area contributed by atoms with Crippen LogP contribution in [0, 0.1) is 6.92 Å². The van der Waals surface area contributed by atoms with Crippen molar-refractivity contribution in [1.82, 2.24) is 0 Å². The lowest BCUT2D eigenvalue weighted by Gasteiger charge is -2.07. The van der Waals surface area contributed by atoms with Gasteiger partial charge in [0.1, 0.15) is 5.76 Å². The van der Waals surface area contributed by atoms with Crippen molar-refractivity contribution in [2.75, 3.05) is 0 Å². The van der Waals surface area contributed by atoms with Gasteiger partial charge in [0, 0.05) is 4.88 Å². The zero-order chi connectivity index (χ0) is 11.0. The highest BCUT2D eigenvalue weighted by Gasteiger charge is 2.17. The topological polar surface area (TPSA) is 39.2 Å². The zero-order valence-electron chi connectivity index (χ0n) is 7.96. The smallest absolute Gasteiger partial charge is 0.193 e. The summed E-state index contributed by atoms with van der Waals surface area (Å²) < 4.78 is 6.37. The maximum Gasteiger partial charge on any atom is 0.193 e. The van der Waals surface area contributed by atoms with E-state index in [0.717, 1.165) is 9.35 Å². The maximum atomic E-state index is 6.08. The third-order valence-corrected chi connectivity index (χ3v) is 3.93. The minimum absolute atomic E-state index is 0.250. The number of furan rings is 1. The number of thiophene rings is 1. The first-order valence-corrected chi connectivity index (χ1v) is 6.33. The molecular formula is C10H9BrClNOS. The Morgan fingerprint density at radius 1 is 1.53 bits per heavy atom. The Bertz CT molecular complexity index is 479. The molecule has 1 atom stereocenters. The van der Waals surface area contributed by atoms with Crippen LogP contribution in [-0.4, -0.2) is 0 Å². The molecule has 2 aromatic heterocycles. The van der Waals surface area contributed by atoms with Crippen LogP contribution in [0.5, 0.6) is 0 Å². The number of hydrogen-bond donors (Lipinski definition) is 1. The molecule has 0 aromatic carbocycles. The summed E-state index contributed by atoms with van der Waals surface area (Å²) in [4.78, 5) is 1.18. The van der Waals surface area contributed by atoms with Crippen LogP contribution in [0.2, 0.25) is 5.22 Å². The lowest BCUT2D eigenvalue weighted by molar-refractivity contribution is 0.491. The third-order valence-electron chi connectivity index (χ3n) is 2.16. The fourth-order valence-corrected chi connectivity index (χ4v) is 3.33. The van der Waals surface area contributed by atoms with Crippen LogP contribution in [0.1, 0.15) is 22.2 Å². The average Bonchev–Trinajstić information content (AvgIpc) is 2.71. The third kappa shape index (κ3) is 2.28. The summed E-state index contributed by atoms with van der Waals surface area (Å²) in [6, 6.07) is 5.27. The van der Waals surface area contributed by atoms with Gasteiger partial charge in [-0.2, -0.15) is 0 Å². The average molecular weight is 307 g/mol. The molecule has 0 aliphatic heterocycles. The van der Waals surface area contributed by atoms with Crippen LogP contribution >= 0.6 is 38.9 Å². The highest BCUT2D eigenvalue weighted by atomic mass is 79.9. The Morgan fingerprint density at radius 2 is 2.27 bits per heavy atom. The Balaban J connectivity index is 2.35. The van der Waals surface area contributed by atoms with Gasteiger partial charge in [-0.25, -0.2) is 0 Å². The van der Waals surface area contributed by atoms with Gasteiger partial charge < -0.3 is 10.2 Å². The second-order valence-electron chi connectivity index (χ2n) is 3.18. The monoisotopic (exact) mass is 305 g/mol. The molecule has 0 radical (unpaired) electrons. The highest BCUT2D eigenvalue weighted by Crippen LogP contribution is 2.33. The van der Waals surface area contributed by atoms with Crippen molar-refractivity contribution < 1.29 is 4.42 Å². The summed E-state index contributed by atoms with van der Waals surface area (Å²) in [5.74, 6) is 0.688. The van der Waals surface area contributed by atoms with Gasteiger partial charge in [-0.05, 0) is 58.2 Å². The molecule has 2 aromatic rings. The summed E-state index contributed by atoms with van der Waals surface area (Å²) in [7, 11) is 0. The second kappa shape index (κ2) is 4.29. The van der Waals surface area contributed by atoms with Crippen molar-refractivity contribution in [2.45, 2.75) is 13.0 Å². The number of rotatable bonds is 2. The van der Waals surface area contributed by atoms with Gasteiger partial charge in [-0.15, -0.1) is 11.3 Å². The number of halogens is 2. The first-order chi connectivity index (χ1) is 7.08. The van der Waals surface area contributed by atoms with E-state index in [-0.39, 0.29) is 6.04 Å². The van der Waals surface area contributed by atoms with Crippen LogP contribution in [-0.2, 0) is 0 Å². The molecule has 0 saturated heterocycles. The number of aryl methyl sites for hydroxylation is 1. The summed E-state index contributed by atoms with van der Waals surface area (Å²) in [5.41, 5.74) is 7.14. The van der Waals surface area contributed by atoms with E-state index in [1.807, 2.05) is 13.0 Å². The fourth-order valence-electron chi connectivity index (χ4n) is 1.42. The van der Waals surface area contributed by atoms with Crippen molar-refractivity contribution in [3.05, 3.63) is 43.4 Å². The van der Waals surface area contributed by atoms with E-state index in [9.17, 15) is 0 Å². The summed E-state index contributed by atoms with van der Waals surface area (Å²) in [6.45, 7) is 2.04. The van der Waals surface area contributed by atoms with E-state index < -0.39 is 0 Å². The molecule has 0 aliphatic carbocycles. The van der Waals surface area contributed by atoms with Crippen molar-refractivity contribution >= 4 is 38.9 Å². The molecule has 0 saturated carbocycles. The second-order valence-corrected chi connectivity index (χ2v) is 6.19. The molecule has 0 amide bonds. The molecule has 0 bridgehead atoms. The molecule has 2 N–H and O–H groups in total. The molecule has 0 fully saturated rings. The normalized spacial score (nSPS) is 13.1. The fraction of sp³-hybridized carbons (Fsp3) is 0.200. The molecule has 0 aliphatic rings. The molecule has 1 unspecified atom stereocenters. The Morgan fingerprint density at radius 3 is 2.73 bits per heavy atom. The Kier molecular flexibility index (Phi) is 3.21. The van der Waals surface area contributed by atoms with Crippen molar-refractivity contribution in [3.8, 4) is 0 Å². The van der Waals surface area contributed by atoms with E-state index >= 15 is 0 Å². The van der Waals surface area contributed by atoms with Gasteiger partial charge >= 0.3 is 0 Å². The van der Waals surface area contributed by atoms with Gasteiger partial charge in [0.2, 0.25) is 0 Å². The minimum Gasteiger partial charge on any atom is -0.448 e. The molecule has 2 heterocycles. The number of nitrogens with two attached hydrogens (primary N) is 1.